The van der Waals surface area contributed by atoms with Gasteiger partial charge in [-0.3, -0.25) is 23.9 Å². The van der Waals surface area contributed by atoms with Crippen LogP contribution in [0.3, 0.4) is 0 Å². The first kappa shape index (κ1) is 32.3. The number of imide groups is 2. The van der Waals surface area contributed by atoms with Gasteiger partial charge in [-0.15, -0.1) is 0 Å². The second kappa shape index (κ2) is 12.3. The van der Waals surface area contributed by atoms with Gasteiger partial charge in [0.05, 0.1) is 10.6 Å². The van der Waals surface area contributed by atoms with Crippen molar-refractivity contribution in [3.63, 3.8) is 0 Å². The van der Waals surface area contributed by atoms with Crippen molar-refractivity contribution in [3.8, 4) is 0 Å². The molecule has 0 spiro atoms. The standard InChI is InChI=1S/C38H41N3O6S/c1-38(2)33(39(28-18-20-29(21-19-28)48(45,46)47)32-23-17-25-11-9-10-16-30(25)34(32)38)24-22-31-35(42)40(26-12-5-3-6-13-26)37(44)41(36(31)43)27-14-7-4-8-15-27/h9-11,16-24,26-27H,3-8,12-15H2,1-2H3,(H,45,46,47)/b33-24+. The smallest absolute Gasteiger partial charge is 0.313 e. The molecular formula is C38H41N3O6S. The maximum atomic E-state index is 14.2. The number of rotatable bonds is 5. The quantitative estimate of drug-likeness (QED) is 0.168. The number of barbiturate groups is 1. The van der Waals surface area contributed by atoms with Gasteiger partial charge < -0.3 is 4.90 Å². The summed E-state index contributed by atoms with van der Waals surface area (Å²) in [5, 5.41) is 2.12. The molecule has 1 N–H and O–H groups in total. The predicted octanol–water partition coefficient (Wildman–Crippen LogP) is 7.78. The molecule has 250 valence electrons. The van der Waals surface area contributed by atoms with E-state index in [2.05, 4.69) is 26.0 Å². The number of hydrogen-bond acceptors (Lipinski definition) is 6. The molecule has 48 heavy (non-hydrogen) atoms. The van der Waals surface area contributed by atoms with E-state index in [0.717, 1.165) is 91.9 Å². The highest BCUT2D eigenvalue weighted by Gasteiger charge is 2.48. The number of nitrogens with zero attached hydrogens (tertiary/aromatic N) is 3. The first-order valence-corrected chi connectivity index (χ1v) is 18.5. The highest BCUT2D eigenvalue weighted by Crippen LogP contribution is 2.53. The fourth-order valence-corrected chi connectivity index (χ4v) is 8.72. The van der Waals surface area contributed by atoms with E-state index in [9.17, 15) is 27.4 Å². The van der Waals surface area contributed by atoms with Crippen molar-refractivity contribution in [3.05, 3.63) is 89.6 Å². The monoisotopic (exact) mass is 667 g/mol. The fraction of sp³-hybridized carbons (Fsp3) is 0.395. The molecule has 4 amide bonds. The third-order valence-electron chi connectivity index (χ3n) is 10.6. The van der Waals surface area contributed by atoms with Crippen molar-refractivity contribution in [2.75, 3.05) is 4.90 Å². The highest BCUT2D eigenvalue weighted by molar-refractivity contribution is 7.85. The van der Waals surface area contributed by atoms with Gasteiger partial charge in [-0.25, -0.2) is 4.79 Å². The van der Waals surface area contributed by atoms with Gasteiger partial charge >= 0.3 is 6.03 Å². The van der Waals surface area contributed by atoms with Crippen molar-refractivity contribution in [2.24, 2.45) is 0 Å². The third-order valence-corrected chi connectivity index (χ3v) is 11.5. The maximum absolute atomic E-state index is 14.2. The Morgan fingerprint density at radius 3 is 1.85 bits per heavy atom. The van der Waals surface area contributed by atoms with Gasteiger partial charge in [0.1, 0.15) is 5.57 Å². The van der Waals surface area contributed by atoms with E-state index in [0.29, 0.717) is 5.69 Å². The number of anilines is 2. The zero-order valence-corrected chi connectivity index (χ0v) is 28.2. The zero-order valence-electron chi connectivity index (χ0n) is 27.4. The number of carbonyl (C=O) groups excluding carboxylic acids is 3. The lowest BCUT2D eigenvalue weighted by molar-refractivity contribution is -0.139. The third kappa shape index (κ3) is 5.44. The zero-order chi connectivity index (χ0) is 33.8. The molecule has 0 aromatic heterocycles. The van der Waals surface area contributed by atoms with Crippen molar-refractivity contribution in [2.45, 2.75) is 100 Å². The summed E-state index contributed by atoms with van der Waals surface area (Å²) in [7, 11) is -4.39. The second-order valence-electron chi connectivity index (χ2n) is 14.0. The lowest BCUT2D eigenvalue weighted by atomic mass is 9.81. The van der Waals surface area contributed by atoms with E-state index in [1.54, 1.807) is 18.2 Å². The molecule has 9 nitrogen and oxygen atoms in total. The summed E-state index contributed by atoms with van der Waals surface area (Å²) >= 11 is 0. The molecule has 2 aliphatic heterocycles. The van der Waals surface area contributed by atoms with Crippen LogP contribution >= 0.6 is 0 Å². The Bertz CT molecular complexity index is 1930. The van der Waals surface area contributed by atoms with Crippen molar-refractivity contribution >= 4 is 50.1 Å². The molecule has 3 aromatic carbocycles. The van der Waals surface area contributed by atoms with Gasteiger partial charge in [0.25, 0.3) is 21.9 Å². The minimum absolute atomic E-state index is 0.0171. The molecular weight excluding hydrogens is 626 g/mol. The van der Waals surface area contributed by atoms with Crippen LogP contribution in [0.1, 0.15) is 83.6 Å². The molecule has 3 fully saturated rings. The van der Waals surface area contributed by atoms with Crippen LogP contribution in [0.25, 0.3) is 10.8 Å². The Morgan fingerprint density at radius 1 is 0.729 bits per heavy atom. The topological polar surface area (TPSA) is 115 Å². The van der Waals surface area contributed by atoms with Crippen LogP contribution in [-0.2, 0) is 25.1 Å². The second-order valence-corrected chi connectivity index (χ2v) is 15.4. The Balaban J connectivity index is 1.38. The summed E-state index contributed by atoms with van der Waals surface area (Å²) in [6.45, 7) is 4.18. The normalized spacial score (nSPS) is 21.8. The minimum atomic E-state index is -4.39. The Morgan fingerprint density at radius 2 is 1.29 bits per heavy atom. The van der Waals surface area contributed by atoms with Gasteiger partial charge in [0.15, 0.2) is 0 Å². The Labute approximate surface area is 281 Å². The number of benzene rings is 3. The van der Waals surface area contributed by atoms with Gasteiger partial charge in [0, 0.05) is 28.9 Å². The van der Waals surface area contributed by atoms with Gasteiger partial charge in [-0.1, -0.05) is 82.7 Å². The van der Waals surface area contributed by atoms with Crippen LogP contribution in [-0.4, -0.2) is 52.7 Å². The van der Waals surface area contributed by atoms with Crippen LogP contribution < -0.4 is 4.90 Å². The minimum Gasteiger partial charge on any atom is -0.313 e. The highest BCUT2D eigenvalue weighted by atomic mass is 32.2. The number of carbonyl (C=O) groups is 3. The Hall–Kier alpha value is -4.28. The molecule has 7 rings (SSSR count). The average molecular weight is 668 g/mol. The van der Waals surface area contributed by atoms with E-state index < -0.39 is 33.4 Å². The summed E-state index contributed by atoms with van der Waals surface area (Å²) in [4.78, 5) is 46.9. The van der Waals surface area contributed by atoms with Crippen molar-refractivity contribution < 1.29 is 27.4 Å². The molecule has 2 aliphatic carbocycles. The van der Waals surface area contributed by atoms with Crippen LogP contribution in [0.4, 0.5) is 16.2 Å². The van der Waals surface area contributed by atoms with Crippen LogP contribution in [0.15, 0.2) is 89.0 Å². The van der Waals surface area contributed by atoms with Gasteiger partial charge in [0.2, 0.25) is 0 Å². The van der Waals surface area contributed by atoms with Gasteiger partial charge in [-0.05, 0) is 84.5 Å². The summed E-state index contributed by atoms with van der Waals surface area (Å²) in [5.41, 5.74) is 2.72. The van der Waals surface area contributed by atoms with E-state index in [1.165, 1.54) is 21.9 Å². The number of hydrogen-bond donors (Lipinski definition) is 1. The summed E-state index contributed by atoms with van der Waals surface area (Å²) in [6, 6.07) is 17.2. The molecule has 3 aromatic rings. The van der Waals surface area contributed by atoms with Crippen LogP contribution in [0.5, 0.6) is 0 Å². The fourth-order valence-electron chi connectivity index (χ4n) is 8.24. The van der Waals surface area contributed by atoms with Gasteiger partial charge in [-0.2, -0.15) is 8.42 Å². The summed E-state index contributed by atoms with van der Waals surface area (Å²) in [6.07, 6.45) is 12.2. The average Bonchev–Trinajstić information content (AvgIpc) is 3.31. The lowest BCUT2D eigenvalue weighted by Crippen LogP contribution is -2.62. The molecule has 0 unspecified atom stereocenters. The lowest BCUT2D eigenvalue weighted by Gasteiger charge is -2.43. The maximum Gasteiger partial charge on any atom is 0.334 e. The van der Waals surface area contributed by atoms with Crippen molar-refractivity contribution in [1.29, 1.82) is 0 Å². The SMILES string of the molecule is CC1(C)/C(=C\C=C2C(=O)N(C3CCCCC3)C(=O)N(C3CCCCC3)C2=O)N(c2ccc(S(=O)(=O)O)cc2)c2ccc3ccccc3c21. The molecule has 2 heterocycles. The number of urea groups is 1. The van der Waals surface area contributed by atoms with Crippen LogP contribution in [0.2, 0.25) is 0 Å². The number of amides is 4. The van der Waals surface area contributed by atoms with Crippen LogP contribution in [0, 0.1) is 0 Å². The van der Waals surface area contributed by atoms with E-state index in [4.69, 9.17) is 0 Å². The molecule has 1 saturated heterocycles. The number of allylic oxidation sites excluding steroid dienone is 3. The van der Waals surface area contributed by atoms with E-state index >= 15 is 0 Å². The molecule has 4 aliphatic rings. The largest absolute Gasteiger partial charge is 0.334 e. The predicted molar refractivity (Wildman–Crippen MR) is 184 cm³/mol. The van der Waals surface area contributed by atoms with E-state index in [-0.39, 0.29) is 22.6 Å². The van der Waals surface area contributed by atoms with Crippen molar-refractivity contribution in [1.82, 2.24) is 9.80 Å². The van der Waals surface area contributed by atoms with E-state index in [1.807, 2.05) is 35.2 Å². The summed E-state index contributed by atoms with van der Waals surface area (Å²) < 4.78 is 33.3. The molecule has 0 radical (unpaired) electrons. The molecule has 2 saturated carbocycles. The molecule has 10 heteroatoms. The Kier molecular flexibility index (Phi) is 8.28. The first-order valence-electron chi connectivity index (χ1n) is 17.0. The molecule has 0 bridgehead atoms. The molecule has 0 atom stereocenters. The first-order chi connectivity index (χ1) is 23.0. The number of fused-ring (bicyclic) bond motifs is 3. The summed E-state index contributed by atoms with van der Waals surface area (Å²) in [5.74, 6) is -1.08.